The number of ether oxygens (including phenoxy) is 3. The summed E-state index contributed by atoms with van der Waals surface area (Å²) in [7, 11) is 2.40. The van der Waals surface area contributed by atoms with Crippen LogP contribution in [0.5, 0.6) is 0 Å². The summed E-state index contributed by atoms with van der Waals surface area (Å²) in [5.74, 6) is -1.36. The van der Waals surface area contributed by atoms with Crippen LogP contribution in [0.15, 0.2) is 23.8 Å². The Bertz CT molecular complexity index is 440. The van der Waals surface area contributed by atoms with Gasteiger partial charge in [-0.2, -0.15) is 0 Å². The third kappa shape index (κ3) is 4.01. The Kier molecular flexibility index (Phi) is 5.40. The van der Waals surface area contributed by atoms with Crippen LogP contribution in [0.4, 0.5) is 0 Å². The van der Waals surface area contributed by atoms with E-state index in [2.05, 4.69) is 9.47 Å². The molecule has 0 saturated heterocycles. The zero-order chi connectivity index (χ0) is 14.4. The SMILES string of the molecule is COC(=O)C1=CC(=N)C(OC[C@@H](O)C(=O)OC)C=C1. The van der Waals surface area contributed by atoms with Gasteiger partial charge in [0.05, 0.1) is 32.1 Å². The Balaban J connectivity index is 2.54. The number of carbonyl (C=O) groups excluding carboxylic acids is 2. The molecule has 0 heterocycles. The summed E-state index contributed by atoms with van der Waals surface area (Å²) in [6.07, 6.45) is 2.10. The zero-order valence-corrected chi connectivity index (χ0v) is 10.6. The summed E-state index contributed by atoms with van der Waals surface area (Å²) in [4.78, 5) is 22.2. The van der Waals surface area contributed by atoms with Crippen molar-refractivity contribution in [2.24, 2.45) is 0 Å². The van der Waals surface area contributed by atoms with E-state index >= 15 is 0 Å². The van der Waals surface area contributed by atoms with Crippen LogP contribution < -0.4 is 0 Å². The van der Waals surface area contributed by atoms with Crippen molar-refractivity contribution in [2.45, 2.75) is 12.2 Å². The first-order valence-electron chi connectivity index (χ1n) is 5.43. The number of nitrogens with one attached hydrogen (secondary N) is 1. The van der Waals surface area contributed by atoms with Crippen molar-refractivity contribution in [1.82, 2.24) is 0 Å². The maximum atomic E-state index is 11.2. The topological polar surface area (TPSA) is 106 Å². The van der Waals surface area contributed by atoms with Gasteiger partial charge in [0.2, 0.25) is 0 Å². The number of aliphatic hydroxyl groups is 1. The Morgan fingerprint density at radius 1 is 1.42 bits per heavy atom. The molecule has 2 atom stereocenters. The van der Waals surface area contributed by atoms with Gasteiger partial charge in [0, 0.05) is 0 Å². The van der Waals surface area contributed by atoms with Crippen LogP contribution in [0.3, 0.4) is 0 Å². The molecule has 1 rings (SSSR count). The van der Waals surface area contributed by atoms with E-state index in [4.69, 9.17) is 10.1 Å². The minimum Gasteiger partial charge on any atom is -0.467 e. The van der Waals surface area contributed by atoms with Crippen molar-refractivity contribution in [2.75, 3.05) is 20.8 Å². The summed E-state index contributed by atoms with van der Waals surface area (Å²) >= 11 is 0. The minimum absolute atomic E-state index is 0.0277. The smallest absolute Gasteiger partial charge is 0.337 e. The van der Waals surface area contributed by atoms with Gasteiger partial charge in [-0.1, -0.05) is 0 Å². The van der Waals surface area contributed by atoms with E-state index in [0.29, 0.717) is 0 Å². The molecule has 0 aromatic carbocycles. The summed E-state index contributed by atoms with van der Waals surface area (Å²) in [6, 6.07) is 0. The van der Waals surface area contributed by atoms with Crippen LogP contribution in [0.25, 0.3) is 0 Å². The molecule has 0 amide bonds. The van der Waals surface area contributed by atoms with Gasteiger partial charge >= 0.3 is 11.9 Å². The maximum Gasteiger partial charge on any atom is 0.337 e. The van der Waals surface area contributed by atoms with Crippen LogP contribution in [0, 0.1) is 5.41 Å². The second-order valence-electron chi connectivity index (χ2n) is 3.70. The van der Waals surface area contributed by atoms with Gasteiger partial charge in [0.1, 0.15) is 6.10 Å². The molecule has 0 fully saturated rings. The molecule has 2 N–H and O–H groups in total. The van der Waals surface area contributed by atoms with Gasteiger partial charge < -0.3 is 24.7 Å². The largest absolute Gasteiger partial charge is 0.467 e. The Morgan fingerprint density at radius 2 is 2.11 bits per heavy atom. The van der Waals surface area contributed by atoms with E-state index in [1.165, 1.54) is 25.3 Å². The van der Waals surface area contributed by atoms with Gasteiger partial charge in [0.25, 0.3) is 0 Å². The van der Waals surface area contributed by atoms with Gasteiger partial charge in [0.15, 0.2) is 6.10 Å². The molecular formula is C12H15NO6. The standard InChI is InChI=1S/C12H15NO6/c1-17-11(15)7-3-4-10(8(13)5-7)19-6-9(14)12(16)18-2/h3-5,9-10,13-14H,6H2,1-2H3/t9-,10?/m1/s1. The van der Waals surface area contributed by atoms with Crippen LogP contribution in [-0.2, 0) is 23.8 Å². The molecule has 19 heavy (non-hydrogen) atoms. The molecular weight excluding hydrogens is 254 g/mol. The maximum absolute atomic E-state index is 11.2. The first kappa shape index (κ1) is 15.1. The molecule has 0 radical (unpaired) electrons. The number of rotatable bonds is 5. The summed E-state index contributed by atoms with van der Waals surface area (Å²) in [6.45, 7) is -0.300. The molecule has 0 spiro atoms. The van der Waals surface area contributed by atoms with E-state index < -0.39 is 24.1 Å². The van der Waals surface area contributed by atoms with E-state index in [1.807, 2.05) is 0 Å². The fraction of sp³-hybridized carbons (Fsp3) is 0.417. The third-order valence-electron chi connectivity index (χ3n) is 2.40. The lowest BCUT2D eigenvalue weighted by Crippen LogP contribution is -2.32. The highest BCUT2D eigenvalue weighted by Gasteiger charge is 2.22. The van der Waals surface area contributed by atoms with Crippen molar-refractivity contribution in [3.8, 4) is 0 Å². The van der Waals surface area contributed by atoms with Gasteiger partial charge in [-0.05, 0) is 18.2 Å². The molecule has 0 saturated carbocycles. The Hall–Kier alpha value is -1.99. The Morgan fingerprint density at radius 3 is 2.63 bits per heavy atom. The summed E-state index contributed by atoms with van der Waals surface area (Å²) in [5, 5.41) is 17.0. The summed E-state index contributed by atoms with van der Waals surface area (Å²) < 4.78 is 14.0. The minimum atomic E-state index is -1.41. The average molecular weight is 269 g/mol. The number of carbonyl (C=O) groups is 2. The highest BCUT2D eigenvalue weighted by atomic mass is 16.5. The van der Waals surface area contributed by atoms with Crippen molar-refractivity contribution >= 4 is 17.7 Å². The lowest BCUT2D eigenvalue weighted by atomic mass is 10.0. The Labute approximate surface area is 110 Å². The summed E-state index contributed by atoms with van der Waals surface area (Å²) in [5.41, 5.74) is 0.265. The molecule has 7 nitrogen and oxygen atoms in total. The first-order valence-corrected chi connectivity index (χ1v) is 5.43. The monoisotopic (exact) mass is 269 g/mol. The third-order valence-corrected chi connectivity index (χ3v) is 2.40. The molecule has 1 aliphatic rings. The predicted octanol–water partition coefficient (Wildman–Crippen LogP) is -0.406. The molecule has 0 aliphatic heterocycles. The fourth-order valence-electron chi connectivity index (χ4n) is 1.38. The van der Waals surface area contributed by atoms with Crippen LogP contribution in [0.1, 0.15) is 0 Å². The van der Waals surface area contributed by atoms with E-state index in [-0.39, 0.29) is 17.9 Å². The molecule has 1 unspecified atom stereocenters. The van der Waals surface area contributed by atoms with Gasteiger partial charge in [-0.3, -0.25) is 0 Å². The molecule has 0 bridgehead atoms. The number of aliphatic hydroxyl groups excluding tert-OH is 1. The van der Waals surface area contributed by atoms with Gasteiger partial charge in [-0.15, -0.1) is 0 Å². The van der Waals surface area contributed by atoms with Crippen molar-refractivity contribution in [1.29, 1.82) is 5.41 Å². The molecule has 104 valence electrons. The van der Waals surface area contributed by atoms with Crippen molar-refractivity contribution < 1.29 is 28.9 Å². The molecule has 0 aromatic heterocycles. The fourth-order valence-corrected chi connectivity index (χ4v) is 1.38. The lowest BCUT2D eigenvalue weighted by Gasteiger charge is -2.18. The van der Waals surface area contributed by atoms with Crippen LogP contribution in [0.2, 0.25) is 0 Å². The number of hydrogen-bond donors (Lipinski definition) is 2. The van der Waals surface area contributed by atoms with Crippen LogP contribution in [-0.4, -0.2) is 55.8 Å². The second kappa shape index (κ2) is 6.81. The van der Waals surface area contributed by atoms with Gasteiger partial charge in [-0.25, -0.2) is 9.59 Å². The lowest BCUT2D eigenvalue weighted by molar-refractivity contribution is -0.153. The predicted molar refractivity (Wildman–Crippen MR) is 64.7 cm³/mol. The number of hydrogen-bond acceptors (Lipinski definition) is 7. The normalized spacial score (nSPS) is 19.6. The number of methoxy groups -OCH3 is 2. The first-order chi connectivity index (χ1) is 8.99. The quantitative estimate of drug-likeness (QED) is 0.657. The second-order valence-corrected chi connectivity index (χ2v) is 3.70. The highest BCUT2D eigenvalue weighted by molar-refractivity contribution is 6.07. The van der Waals surface area contributed by atoms with E-state index in [1.54, 1.807) is 0 Å². The molecule has 7 heteroatoms. The number of esters is 2. The van der Waals surface area contributed by atoms with E-state index in [9.17, 15) is 14.7 Å². The van der Waals surface area contributed by atoms with Crippen LogP contribution >= 0.6 is 0 Å². The molecule has 1 aliphatic carbocycles. The van der Waals surface area contributed by atoms with Crippen molar-refractivity contribution in [3.05, 3.63) is 23.8 Å². The zero-order valence-electron chi connectivity index (χ0n) is 10.6. The molecule has 0 aromatic rings. The highest BCUT2D eigenvalue weighted by Crippen LogP contribution is 2.12. The van der Waals surface area contributed by atoms with Crippen molar-refractivity contribution in [3.63, 3.8) is 0 Å². The average Bonchev–Trinajstić information content (AvgIpc) is 2.43. The van der Waals surface area contributed by atoms with E-state index in [0.717, 1.165) is 7.11 Å².